The molecule has 0 aromatic heterocycles. The number of hydrogen-bond donors (Lipinski definition) is 0. The van der Waals surface area contributed by atoms with E-state index in [9.17, 15) is 0 Å². The molecule has 0 bridgehead atoms. The Hall–Kier alpha value is -1.03. The summed E-state index contributed by atoms with van der Waals surface area (Å²) in [6.07, 6.45) is 4.62. The molecule has 68 valence electrons. The molecule has 0 spiro atoms. The van der Waals surface area contributed by atoms with Crippen LogP contribution >= 0.6 is 0 Å². The fourth-order valence-corrected chi connectivity index (χ4v) is 0.499. The summed E-state index contributed by atoms with van der Waals surface area (Å²) in [5.41, 5.74) is 1.01. The number of allylic oxidation sites excluding steroid dienone is 1. The second-order valence-corrected chi connectivity index (χ2v) is 1.93. The van der Waals surface area contributed by atoms with Gasteiger partial charge in [0.2, 0.25) is 0 Å². The highest BCUT2D eigenvalue weighted by Crippen LogP contribution is 1.88. The maximum absolute atomic E-state index is 4.02. The van der Waals surface area contributed by atoms with Crippen molar-refractivity contribution in [3.05, 3.63) is 11.8 Å². The fourth-order valence-electron chi connectivity index (χ4n) is 0.499. The molecular formula is C11H19N. The molecule has 0 saturated carbocycles. The van der Waals surface area contributed by atoms with E-state index in [1.54, 1.807) is 6.20 Å². The maximum atomic E-state index is 4.02. The van der Waals surface area contributed by atoms with Gasteiger partial charge in [-0.3, -0.25) is 4.99 Å². The zero-order chi connectivity index (χ0) is 9.82. The highest BCUT2D eigenvalue weighted by atomic mass is 14.7. The normalized spacial score (nSPS) is 9.92. The molecule has 0 aromatic rings. The number of nitrogens with zero attached hydrogens (tertiary/aromatic N) is 1. The summed E-state index contributed by atoms with van der Waals surface area (Å²) < 4.78 is 0. The van der Waals surface area contributed by atoms with Crippen LogP contribution in [0.3, 0.4) is 0 Å². The molecule has 12 heavy (non-hydrogen) atoms. The molecule has 0 aliphatic heterocycles. The minimum Gasteiger partial charge on any atom is -0.268 e. The van der Waals surface area contributed by atoms with Crippen LogP contribution in [0.25, 0.3) is 0 Å². The Morgan fingerprint density at radius 1 is 1.42 bits per heavy atom. The summed E-state index contributed by atoms with van der Waals surface area (Å²) in [7, 11) is 0. The zero-order valence-electron chi connectivity index (χ0n) is 8.81. The molecule has 0 fully saturated rings. The molecular weight excluding hydrogens is 146 g/mol. The topological polar surface area (TPSA) is 12.4 Å². The van der Waals surface area contributed by atoms with Gasteiger partial charge in [-0.05, 0) is 20.3 Å². The van der Waals surface area contributed by atoms with E-state index in [0.717, 1.165) is 12.0 Å². The molecule has 1 heteroatoms. The Morgan fingerprint density at radius 2 is 2.00 bits per heavy atom. The monoisotopic (exact) mass is 165 g/mol. The van der Waals surface area contributed by atoms with Gasteiger partial charge in [-0.2, -0.15) is 0 Å². The Kier molecular flexibility index (Phi) is 14.3. The van der Waals surface area contributed by atoms with E-state index in [1.807, 2.05) is 33.9 Å². The van der Waals surface area contributed by atoms with Crippen LogP contribution in [0.1, 0.15) is 41.0 Å². The summed E-state index contributed by atoms with van der Waals surface area (Å²) in [5, 5.41) is 0. The lowest BCUT2D eigenvalue weighted by molar-refractivity contribution is 1.31. The van der Waals surface area contributed by atoms with E-state index in [-0.39, 0.29) is 0 Å². The smallest absolute Gasteiger partial charge is 0.0376 e. The number of aliphatic imine (C=N–C) groups is 1. The van der Waals surface area contributed by atoms with Crippen LogP contribution in [0.5, 0.6) is 0 Å². The van der Waals surface area contributed by atoms with Gasteiger partial charge in [0.15, 0.2) is 0 Å². The van der Waals surface area contributed by atoms with Gasteiger partial charge in [0.25, 0.3) is 0 Å². The first-order chi connectivity index (χ1) is 5.81. The Labute approximate surface area is 76.6 Å². The van der Waals surface area contributed by atoms with Gasteiger partial charge in [-0.15, -0.1) is 5.92 Å². The molecule has 0 atom stereocenters. The van der Waals surface area contributed by atoms with Gasteiger partial charge in [0.05, 0.1) is 0 Å². The first kappa shape index (κ1) is 13.6. The summed E-state index contributed by atoms with van der Waals surface area (Å²) in [5.74, 6) is 5.70. The molecule has 0 rings (SSSR count). The second-order valence-electron chi connectivity index (χ2n) is 1.93. The third-order valence-corrected chi connectivity index (χ3v) is 0.878. The predicted molar refractivity (Wildman–Crippen MR) is 57.3 cm³/mol. The average Bonchev–Trinajstić information content (AvgIpc) is 2.09. The first-order valence-electron chi connectivity index (χ1n) is 4.42. The predicted octanol–water partition coefficient (Wildman–Crippen LogP) is 3.42. The van der Waals surface area contributed by atoms with Crippen molar-refractivity contribution in [1.82, 2.24) is 0 Å². The van der Waals surface area contributed by atoms with Crippen LogP contribution < -0.4 is 0 Å². The minimum atomic E-state index is 0.976. The van der Waals surface area contributed by atoms with Crippen molar-refractivity contribution in [1.29, 1.82) is 0 Å². The lowest BCUT2D eigenvalue weighted by Gasteiger charge is -1.81. The van der Waals surface area contributed by atoms with Crippen molar-refractivity contribution in [3.63, 3.8) is 0 Å². The van der Waals surface area contributed by atoms with Crippen molar-refractivity contribution in [2.45, 2.75) is 41.0 Å². The van der Waals surface area contributed by atoms with Gasteiger partial charge < -0.3 is 0 Å². The van der Waals surface area contributed by atoms with Crippen molar-refractivity contribution in [2.24, 2.45) is 4.99 Å². The SMILES string of the molecule is CC.CC#C/C(C)=C/N=CCC. The molecule has 0 unspecified atom stereocenters. The minimum absolute atomic E-state index is 0.976. The largest absolute Gasteiger partial charge is 0.268 e. The van der Waals surface area contributed by atoms with Crippen molar-refractivity contribution in [2.75, 3.05) is 0 Å². The summed E-state index contributed by atoms with van der Waals surface area (Å²) in [6.45, 7) is 9.82. The Morgan fingerprint density at radius 3 is 2.42 bits per heavy atom. The fraction of sp³-hybridized carbons (Fsp3) is 0.545. The third-order valence-electron chi connectivity index (χ3n) is 0.878. The van der Waals surface area contributed by atoms with Crippen molar-refractivity contribution < 1.29 is 0 Å². The van der Waals surface area contributed by atoms with E-state index in [0.29, 0.717) is 0 Å². The summed E-state index contributed by atoms with van der Waals surface area (Å²) in [4.78, 5) is 4.02. The van der Waals surface area contributed by atoms with E-state index in [4.69, 9.17) is 0 Å². The van der Waals surface area contributed by atoms with Crippen LogP contribution in [0.4, 0.5) is 0 Å². The third kappa shape index (κ3) is 11.7. The number of rotatable bonds is 2. The van der Waals surface area contributed by atoms with Gasteiger partial charge >= 0.3 is 0 Å². The van der Waals surface area contributed by atoms with Gasteiger partial charge in [0.1, 0.15) is 0 Å². The van der Waals surface area contributed by atoms with E-state index < -0.39 is 0 Å². The van der Waals surface area contributed by atoms with Crippen LogP contribution in [0.15, 0.2) is 16.8 Å². The van der Waals surface area contributed by atoms with Crippen molar-refractivity contribution >= 4 is 6.21 Å². The molecule has 0 amide bonds. The van der Waals surface area contributed by atoms with E-state index in [2.05, 4.69) is 23.8 Å². The van der Waals surface area contributed by atoms with E-state index in [1.165, 1.54) is 0 Å². The van der Waals surface area contributed by atoms with Crippen LogP contribution in [0.2, 0.25) is 0 Å². The molecule has 1 nitrogen and oxygen atoms in total. The molecule has 0 N–H and O–H groups in total. The maximum Gasteiger partial charge on any atom is 0.0376 e. The lowest BCUT2D eigenvalue weighted by Crippen LogP contribution is -1.68. The molecule has 0 saturated heterocycles. The zero-order valence-corrected chi connectivity index (χ0v) is 8.81. The average molecular weight is 165 g/mol. The van der Waals surface area contributed by atoms with Crippen LogP contribution in [0, 0.1) is 11.8 Å². The standard InChI is InChI=1S/C9H13N.C2H6/c1-4-6-9(3)8-10-7-5-2;1-2/h7-8H,5H2,1-3H3;1-2H3/b9-8+,10-7?;. The van der Waals surface area contributed by atoms with E-state index >= 15 is 0 Å². The number of hydrogen-bond acceptors (Lipinski definition) is 1. The molecule has 0 heterocycles. The first-order valence-corrected chi connectivity index (χ1v) is 4.42. The van der Waals surface area contributed by atoms with Crippen LogP contribution in [-0.2, 0) is 0 Å². The summed E-state index contributed by atoms with van der Waals surface area (Å²) in [6, 6.07) is 0. The molecule has 0 aliphatic rings. The molecule has 0 radical (unpaired) electrons. The van der Waals surface area contributed by atoms with Gasteiger partial charge in [0, 0.05) is 18.0 Å². The highest BCUT2D eigenvalue weighted by molar-refractivity contribution is 5.57. The van der Waals surface area contributed by atoms with Gasteiger partial charge in [-0.1, -0.05) is 26.7 Å². The van der Waals surface area contributed by atoms with Crippen LogP contribution in [-0.4, -0.2) is 6.21 Å². The Bertz CT molecular complexity index is 189. The Balaban J connectivity index is 0. The quantitative estimate of drug-likeness (QED) is 0.439. The summed E-state index contributed by atoms with van der Waals surface area (Å²) >= 11 is 0. The highest BCUT2D eigenvalue weighted by Gasteiger charge is 1.74. The second kappa shape index (κ2) is 12.6. The lowest BCUT2D eigenvalue weighted by atomic mass is 10.3. The van der Waals surface area contributed by atoms with Crippen molar-refractivity contribution in [3.8, 4) is 11.8 Å². The van der Waals surface area contributed by atoms with Gasteiger partial charge in [-0.25, -0.2) is 0 Å². The molecule has 0 aromatic carbocycles. The molecule has 0 aliphatic carbocycles.